The molecule has 14 heavy (non-hydrogen) atoms. The van der Waals surface area contributed by atoms with Gasteiger partial charge in [-0.25, -0.2) is 0 Å². The van der Waals surface area contributed by atoms with Crippen LogP contribution in [0.2, 0.25) is 0 Å². The van der Waals surface area contributed by atoms with Crippen molar-refractivity contribution in [1.29, 1.82) is 0 Å². The Morgan fingerprint density at radius 1 is 0.714 bits per heavy atom. The van der Waals surface area contributed by atoms with Crippen LogP contribution < -0.4 is 0 Å². The molecule has 0 N–H and O–H groups in total. The third kappa shape index (κ3) is 12.7. The molecule has 0 aliphatic heterocycles. The molecule has 0 aromatic carbocycles. The normalized spacial score (nSPS) is 11.6. The molecule has 0 aliphatic rings. The van der Waals surface area contributed by atoms with Crippen LogP contribution in [0.1, 0.15) is 53.4 Å². The van der Waals surface area contributed by atoms with Gasteiger partial charge in [0.1, 0.15) is 0 Å². The minimum absolute atomic E-state index is 0.876. The number of hydrogen-bond acceptors (Lipinski definition) is 2. The van der Waals surface area contributed by atoms with Gasteiger partial charge in [0.15, 0.2) is 0 Å². The molecule has 0 spiro atoms. The summed E-state index contributed by atoms with van der Waals surface area (Å²) < 4.78 is 0. The average Bonchev–Trinajstić information content (AvgIpc) is 2.08. The van der Waals surface area contributed by atoms with E-state index in [9.17, 15) is 0 Å². The van der Waals surface area contributed by atoms with Crippen LogP contribution in [-0.4, -0.2) is 11.5 Å². The monoisotopic (exact) mass is 234 g/mol. The van der Waals surface area contributed by atoms with E-state index in [1.54, 1.807) is 0 Å². The highest BCUT2D eigenvalue weighted by Gasteiger charge is 1.96. The van der Waals surface area contributed by atoms with E-state index in [0.29, 0.717) is 0 Å². The summed E-state index contributed by atoms with van der Waals surface area (Å²) in [5.74, 6) is 4.43. The Kier molecular flexibility index (Phi) is 10.7. The first-order valence-corrected chi connectivity index (χ1v) is 8.36. The molecule has 0 unspecified atom stereocenters. The second-order valence-electron chi connectivity index (χ2n) is 4.72. The maximum atomic E-state index is 2.31. The largest absolute Gasteiger partial charge is 0.0942 e. The van der Waals surface area contributed by atoms with Crippen molar-refractivity contribution in [2.75, 3.05) is 11.5 Å². The summed E-state index contributed by atoms with van der Waals surface area (Å²) in [6.07, 6.45) is 5.55. The first-order chi connectivity index (χ1) is 6.63. The predicted octanol–water partition coefficient (Wildman–Crippen LogP) is 5.24. The summed E-state index contributed by atoms with van der Waals surface area (Å²) in [5, 5.41) is 0. The van der Waals surface area contributed by atoms with Crippen molar-refractivity contribution in [2.45, 2.75) is 53.4 Å². The van der Waals surface area contributed by atoms with Crippen molar-refractivity contribution in [1.82, 2.24) is 0 Å². The van der Waals surface area contributed by atoms with E-state index in [2.05, 4.69) is 49.3 Å². The van der Waals surface area contributed by atoms with Gasteiger partial charge in [-0.15, -0.1) is 0 Å². The van der Waals surface area contributed by atoms with Crippen molar-refractivity contribution >= 4 is 21.6 Å². The Balaban J connectivity index is 2.92. The van der Waals surface area contributed by atoms with Gasteiger partial charge in [-0.2, -0.15) is 0 Å². The molecule has 0 aliphatic carbocycles. The summed E-state index contributed by atoms with van der Waals surface area (Å²) >= 11 is 0. The van der Waals surface area contributed by atoms with Gasteiger partial charge in [0, 0.05) is 11.5 Å². The summed E-state index contributed by atoms with van der Waals surface area (Å²) in [6, 6.07) is 0. The second kappa shape index (κ2) is 10.2. The van der Waals surface area contributed by atoms with Crippen LogP contribution in [0.25, 0.3) is 0 Å². The van der Waals surface area contributed by atoms with Crippen LogP contribution in [0.3, 0.4) is 0 Å². The molecule has 0 bridgehead atoms. The molecule has 86 valence electrons. The van der Waals surface area contributed by atoms with Crippen molar-refractivity contribution in [3.8, 4) is 0 Å². The average molecular weight is 234 g/mol. The standard InChI is InChI=1S/C12H26S2/c1-11(2)7-5-9-13-14-10-6-8-12(3)4/h11-12H,5-10H2,1-4H3. The fourth-order valence-corrected chi connectivity index (χ4v) is 3.44. The van der Waals surface area contributed by atoms with Crippen LogP contribution in [0.5, 0.6) is 0 Å². The van der Waals surface area contributed by atoms with Crippen LogP contribution in [0, 0.1) is 11.8 Å². The lowest BCUT2D eigenvalue weighted by Crippen LogP contribution is -1.89. The van der Waals surface area contributed by atoms with Gasteiger partial charge in [0.05, 0.1) is 0 Å². The Labute approximate surface area is 98.4 Å². The predicted molar refractivity (Wildman–Crippen MR) is 73.1 cm³/mol. The fourth-order valence-electron chi connectivity index (χ4n) is 1.22. The lowest BCUT2D eigenvalue weighted by Gasteiger charge is -2.05. The zero-order chi connectivity index (χ0) is 10.8. The van der Waals surface area contributed by atoms with Gasteiger partial charge in [-0.05, 0) is 24.7 Å². The summed E-state index contributed by atoms with van der Waals surface area (Å²) in [4.78, 5) is 0. The van der Waals surface area contributed by atoms with Crippen LogP contribution in [0.4, 0.5) is 0 Å². The highest BCUT2D eigenvalue weighted by Crippen LogP contribution is 2.25. The van der Waals surface area contributed by atoms with E-state index in [0.717, 1.165) is 11.8 Å². The van der Waals surface area contributed by atoms with Crippen molar-refractivity contribution in [3.05, 3.63) is 0 Å². The minimum atomic E-state index is 0.876. The molecule has 0 aromatic rings. The van der Waals surface area contributed by atoms with Crippen molar-refractivity contribution in [2.24, 2.45) is 11.8 Å². The Morgan fingerprint density at radius 3 is 1.36 bits per heavy atom. The highest BCUT2D eigenvalue weighted by atomic mass is 33.1. The van der Waals surface area contributed by atoms with Crippen LogP contribution in [-0.2, 0) is 0 Å². The zero-order valence-corrected chi connectivity index (χ0v) is 11.8. The quantitative estimate of drug-likeness (QED) is 0.395. The van der Waals surface area contributed by atoms with E-state index in [-0.39, 0.29) is 0 Å². The smallest absolute Gasteiger partial charge is 0.00370 e. The lowest BCUT2D eigenvalue weighted by molar-refractivity contribution is 0.579. The first kappa shape index (κ1) is 14.7. The molecule has 0 amide bonds. The maximum absolute atomic E-state index is 2.31. The molecule has 2 heteroatoms. The van der Waals surface area contributed by atoms with Gasteiger partial charge in [0.2, 0.25) is 0 Å². The van der Waals surface area contributed by atoms with E-state index < -0.39 is 0 Å². The van der Waals surface area contributed by atoms with E-state index in [1.807, 2.05) is 0 Å². The molecule has 0 saturated carbocycles. The molecular formula is C12H26S2. The highest BCUT2D eigenvalue weighted by molar-refractivity contribution is 8.76. The van der Waals surface area contributed by atoms with Crippen LogP contribution in [0.15, 0.2) is 0 Å². The molecule has 0 radical (unpaired) electrons. The SMILES string of the molecule is CC(C)CCCSSCCCC(C)C. The van der Waals surface area contributed by atoms with Gasteiger partial charge < -0.3 is 0 Å². The number of hydrogen-bond donors (Lipinski definition) is 0. The molecule has 0 nitrogen and oxygen atoms in total. The van der Waals surface area contributed by atoms with Crippen molar-refractivity contribution in [3.63, 3.8) is 0 Å². The van der Waals surface area contributed by atoms with Gasteiger partial charge in [0.25, 0.3) is 0 Å². The number of rotatable bonds is 9. The van der Waals surface area contributed by atoms with E-state index in [1.165, 1.54) is 37.2 Å². The molecule has 0 rings (SSSR count). The Bertz CT molecular complexity index is 96.9. The molecule has 0 saturated heterocycles. The third-order valence-corrected chi connectivity index (χ3v) is 4.68. The minimum Gasteiger partial charge on any atom is -0.0942 e. The summed E-state index contributed by atoms with van der Waals surface area (Å²) in [5.41, 5.74) is 0. The molecular weight excluding hydrogens is 208 g/mol. The third-order valence-electron chi connectivity index (χ3n) is 2.10. The molecule has 0 heterocycles. The maximum Gasteiger partial charge on any atom is 0.00370 e. The van der Waals surface area contributed by atoms with Crippen LogP contribution >= 0.6 is 21.6 Å². The Hall–Kier alpha value is 0.700. The lowest BCUT2D eigenvalue weighted by atomic mass is 10.1. The van der Waals surface area contributed by atoms with Gasteiger partial charge in [-0.1, -0.05) is 62.1 Å². The van der Waals surface area contributed by atoms with E-state index in [4.69, 9.17) is 0 Å². The first-order valence-electron chi connectivity index (χ1n) is 5.87. The topological polar surface area (TPSA) is 0 Å². The molecule has 0 atom stereocenters. The zero-order valence-electron chi connectivity index (χ0n) is 10.2. The van der Waals surface area contributed by atoms with E-state index >= 15 is 0 Å². The van der Waals surface area contributed by atoms with Gasteiger partial charge in [-0.3, -0.25) is 0 Å². The second-order valence-corrected chi connectivity index (χ2v) is 7.42. The Morgan fingerprint density at radius 2 is 1.07 bits per heavy atom. The summed E-state index contributed by atoms with van der Waals surface area (Å²) in [6.45, 7) is 9.22. The molecule has 0 fully saturated rings. The van der Waals surface area contributed by atoms with Gasteiger partial charge >= 0.3 is 0 Å². The fraction of sp³-hybridized carbons (Fsp3) is 1.00. The summed E-state index contributed by atoms with van der Waals surface area (Å²) in [7, 11) is 4.13. The molecule has 0 aromatic heterocycles. The van der Waals surface area contributed by atoms with Crippen molar-refractivity contribution < 1.29 is 0 Å².